The highest BCUT2D eigenvalue weighted by Gasteiger charge is 2.38. The Labute approximate surface area is 111 Å². The molecule has 0 bridgehead atoms. The Balaban J connectivity index is 1.82. The molecule has 0 spiro atoms. The molecule has 2 aliphatic rings. The second-order valence-corrected chi connectivity index (χ2v) is 5.05. The topological polar surface area (TPSA) is 99.1 Å². The van der Waals surface area contributed by atoms with Crippen molar-refractivity contribution in [2.75, 3.05) is 26.2 Å². The molecule has 7 nitrogen and oxygen atoms in total. The minimum absolute atomic E-state index is 0.0565. The molecule has 2 rings (SSSR count). The Bertz CT molecular complexity index is 343. The number of nitrogens with one attached hydrogen (secondary N) is 1. The Hall–Kier alpha value is -1.18. The van der Waals surface area contributed by atoms with Gasteiger partial charge in [-0.15, -0.1) is 0 Å². The molecule has 19 heavy (non-hydrogen) atoms. The lowest BCUT2D eigenvalue weighted by Gasteiger charge is -2.25. The van der Waals surface area contributed by atoms with E-state index < -0.39 is 18.1 Å². The lowest BCUT2D eigenvalue weighted by Crippen LogP contribution is -2.43. The van der Waals surface area contributed by atoms with Crippen LogP contribution in [0.15, 0.2) is 0 Å². The van der Waals surface area contributed by atoms with Gasteiger partial charge in [0.05, 0.1) is 12.2 Å². The normalized spacial score (nSPS) is 28.6. The summed E-state index contributed by atoms with van der Waals surface area (Å²) >= 11 is 0. The number of aliphatic hydroxyl groups is 1. The van der Waals surface area contributed by atoms with Crippen molar-refractivity contribution < 1.29 is 24.5 Å². The van der Waals surface area contributed by atoms with E-state index in [9.17, 15) is 14.7 Å². The number of carbonyl (C=O) groups is 2. The van der Waals surface area contributed by atoms with Gasteiger partial charge >= 0.3 is 5.97 Å². The third-order valence-corrected chi connectivity index (χ3v) is 3.61. The molecule has 0 radical (unpaired) electrons. The number of nitrogens with zero attached hydrogens (tertiary/aromatic N) is 1. The van der Waals surface area contributed by atoms with Crippen LogP contribution in [0.1, 0.15) is 19.3 Å². The van der Waals surface area contributed by atoms with Crippen molar-refractivity contribution in [1.29, 1.82) is 0 Å². The Morgan fingerprint density at radius 2 is 2.00 bits per heavy atom. The second kappa shape index (κ2) is 6.31. The molecule has 2 aliphatic heterocycles. The first-order valence-corrected chi connectivity index (χ1v) is 6.60. The number of hydrogen-bond donors (Lipinski definition) is 3. The smallest absolute Gasteiger partial charge is 0.326 e. The summed E-state index contributed by atoms with van der Waals surface area (Å²) in [5, 5.41) is 21.7. The van der Waals surface area contributed by atoms with Gasteiger partial charge in [-0.3, -0.25) is 4.79 Å². The average Bonchev–Trinajstić information content (AvgIpc) is 2.79. The fourth-order valence-corrected chi connectivity index (χ4v) is 2.56. The number of β-amino-alcohol motifs (C(OH)–C–C–N with tert-alkyl or cyclic N) is 1. The number of ether oxygens (including phenoxy) is 1. The summed E-state index contributed by atoms with van der Waals surface area (Å²) in [4.78, 5) is 24.2. The maximum atomic E-state index is 12.0. The molecule has 0 saturated carbocycles. The minimum Gasteiger partial charge on any atom is -0.480 e. The fraction of sp³-hybridized carbons (Fsp3) is 0.833. The molecular weight excluding hydrogens is 252 g/mol. The number of carboxylic acid groups (broad SMARTS) is 1. The highest BCUT2D eigenvalue weighted by atomic mass is 16.5. The van der Waals surface area contributed by atoms with Crippen molar-refractivity contribution in [2.24, 2.45) is 0 Å². The molecule has 0 aromatic rings. The second-order valence-electron chi connectivity index (χ2n) is 5.05. The quantitative estimate of drug-likeness (QED) is 0.594. The predicted octanol–water partition coefficient (Wildman–Crippen LogP) is -1.20. The number of hydrogen-bond acceptors (Lipinski definition) is 5. The zero-order chi connectivity index (χ0) is 13.8. The van der Waals surface area contributed by atoms with Gasteiger partial charge in [-0.1, -0.05) is 0 Å². The molecule has 2 atom stereocenters. The van der Waals surface area contributed by atoms with Crippen LogP contribution in [0, 0.1) is 0 Å². The lowest BCUT2D eigenvalue weighted by atomic mass is 10.1. The molecule has 0 aliphatic carbocycles. The van der Waals surface area contributed by atoms with E-state index in [-0.39, 0.29) is 31.6 Å². The Kier molecular flexibility index (Phi) is 4.73. The van der Waals surface area contributed by atoms with Crippen molar-refractivity contribution in [3.05, 3.63) is 0 Å². The summed E-state index contributed by atoms with van der Waals surface area (Å²) in [6.45, 7) is 1.71. The van der Waals surface area contributed by atoms with E-state index in [1.54, 1.807) is 0 Å². The first kappa shape index (κ1) is 14.2. The summed E-state index contributed by atoms with van der Waals surface area (Å²) in [7, 11) is 0. The Morgan fingerprint density at radius 3 is 2.63 bits per heavy atom. The van der Waals surface area contributed by atoms with Crippen molar-refractivity contribution in [1.82, 2.24) is 10.2 Å². The van der Waals surface area contributed by atoms with Gasteiger partial charge in [0.1, 0.15) is 12.6 Å². The van der Waals surface area contributed by atoms with Gasteiger partial charge in [-0.25, -0.2) is 4.79 Å². The van der Waals surface area contributed by atoms with E-state index in [1.165, 1.54) is 4.90 Å². The van der Waals surface area contributed by atoms with Crippen LogP contribution in [0.5, 0.6) is 0 Å². The van der Waals surface area contributed by atoms with Gasteiger partial charge in [0.15, 0.2) is 0 Å². The third-order valence-electron chi connectivity index (χ3n) is 3.61. The van der Waals surface area contributed by atoms with Crippen molar-refractivity contribution in [2.45, 2.75) is 37.5 Å². The highest BCUT2D eigenvalue weighted by Crippen LogP contribution is 2.18. The van der Waals surface area contributed by atoms with Gasteiger partial charge in [0, 0.05) is 13.0 Å². The van der Waals surface area contributed by atoms with Crippen molar-refractivity contribution >= 4 is 11.9 Å². The van der Waals surface area contributed by atoms with Gasteiger partial charge < -0.3 is 25.2 Å². The van der Waals surface area contributed by atoms with Crippen LogP contribution in [-0.2, 0) is 14.3 Å². The Morgan fingerprint density at radius 1 is 1.32 bits per heavy atom. The zero-order valence-corrected chi connectivity index (χ0v) is 10.7. The molecular formula is C12H20N2O5. The van der Waals surface area contributed by atoms with E-state index >= 15 is 0 Å². The van der Waals surface area contributed by atoms with Crippen molar-refractivity contribution in [3.8, 4) is 0 Å². The largest absolute Gasteiger partial charge is 0.480 e. The molecule has 2 saturated heterocycles. The van der Waals surface area contributed by atoms with E-state index in [0.717, 1.165) is 25.9 Å². The number of amides is 1. The highest BCUT2D eigenvalue weighted by molar-refractivity contribution is 5.85. The summed E-state index contributed by atoms with van der Waals surface area (Å²) in [6.07, 6.45) is 1.11. The molecule has 0 aromatic heterocycles. The maximum absolute atomic E-state index is 12.0. The number of aliphatic hydroxyl groups excluding tert-OH is 1. The van der Waals surface area contributed by atoms with Crippen LogP contribution in [-0.4, -0.2) is 71.5 Å². The number of aliphatic carboxylic acids is 1. The molecule has 1 amide bonds. The van der Waals surface area contributed by atoms with Crippen molar-refractivity contribution in [3.63, 3.8) is 0 Å². The number of rotatable bonds is 4. The monoisotopic (exact) mass is 272 g/mol. The number of likely N-dealkylation sites (tertiary alicyclic amines) is 1. The molecule has 0 unspecified atom stereocenters. The van der Waals surface area contributed by atoms with E-state index in [0.29, 0.717) is 0 Å². The van der Waals surface area contributed by atoms with E-state index in [2.05, 4.69) is 5.32 Å². The van der Waals surface area contributed by atoms with E-state index in [1.807, 2.05) is 0 Å². The standard InChI is InChI=1S/C12H20N2O5/c15-8-5-10(12(17)18)14(6-8)11(16)7-19-9-1-3-13-4-2-9/h8-10,13,15H,1-7H2,(H,17,18)/t8-,10+/m1/s1. The predicted molar refractivity (Wildman–Crippen MR) is 65.6 cm³/mol. The van der Waals surface area contributed by atoms with Crippen LogP contribution in [0.25, 0.3) is 0 Å². The molecule has 2 fully saturated rings. The molecule has 7 heteroatoms. The number of carboxylic acids is 1. The maximum Gasteiger partial charge on any atom is 0.326 e. The lowest BCUT2D eigenvalue weighted by molar-refractivity contribution is -0.151. The van der Waals surface area contributed by atoms with Crippen LogP contribution in [0.2, 0.25) is 0 Å². The first-order valence-electron chi connectivity index (χ1n) is 6.60. The zero-order valence-electron chi connectivity index (χ0n) is 10.7. The summed E-state index contributed by atoms with van der Waals surface area (Å²) in [5.74, 6) is -1.44. The number of piperidine rings is 1. The average molecular weight is 272 g/mol. The first-order chi connectivity index (χ1) is 9.08. The van der Waals surface area contributed by atoms with Gasteiger partial charge in [-0.2, -0.15) is 0 Å². The fourth-order valence-electron chi connectivity index (χ4n) is 2.56. The SMILES string of the molecule is O=C(O)[C@@H]1C[C@@H](O)CN1C(=O)COC1CCNCC1. The molecule has 2 heterocycles. The van der Waals surface area contributed by atoms with Crippen LogP contribution < -0.4 is 5.32 Å². The van der Waals surface area contributed by atoms with Crippen LogP contribution >= 0.6 is 0 Å². The molecule has 0 aromatic carbocycles. The molecule has 108 valence electrons. The summed E-state index contributed by atoms with van der Waals surface area (Å²) in [5.41, 5.74) is 0. The third kappa shape index (κ3) is 3.65. The van der Waals surface area contributed by atoms with Crippen LogP contribution in [0.3, 0.4) is 0 Å². The minimum atomic E-state index is -1.08. The van der Waals surface area contributed by atoms with E-state index in [4.69, 9.17) is 9.84 Å². The van der Waals surface area contributed by atoms with Crippen LogP contribution in [0.4, 0.5) is 0 Å². The number of carbonyl (C=O) groups excluding carboxylic acids is 1. The summed E-state index contributed by atoms with van der Waals surface area (Å²) in [6, 6.07) is -0.931. The van der Waals surface area contributed by atoms with Gasteiger partial charge in [0.2, 0.25) is 5.91 Å². The summed E-state index contributed by atoms with van der Waals surface area (Å²) < 4.78 is 5.51. The van der Waals surface area contributed by atoms with Gasteiger partial charge in [0.25, 0.3) is 0 Å². The molecule has 3 N–H and O–H groups in total. The van der Waals surface area contributed by atoms with Gasteiger partial charge in [-0.05, 0) is 25.9 Å².